The number of hydrogen-bond acceptors (Lipinski definition) is 5. The van der Waals surface area contributed by atoms with Gasteiger partial charge in [0, 0.05) is 24.9 Å². The van der Waals surface area contributed by atoms with Crippen LogP contribution in [0, 0.1) is 0 Å². The molecule has 0 aliphatic carbocycles. The zero-order valence-electron chi connectivity index (χ0n) is 14.2. The van der Waals surface area contributed by atoms with Gasteiger partial charge in [0.25, 0.3) is 0 Å². The molecule has 0 spiro atoms. The molecule has 1 aromatic heterocycles. The number of nitrogens with one attached hydrogen (secondary N) is 2. The number of aromatic nitrogens is 2. The Morgan fingerprint density at radius 2 is 2.00 bits per heavy atom. The molecule has 4 rings (SSSR count). The first-order valence-electron chi connectivity index (χ1n) is 8.79. The topological polar surface area (TPSA) is 85.2 Å². The third kappa shape index (κ3) is 3.11. The van der Waals surface area contributed by atoms with Gasteiger partial charge < -0.3 is 10.1 Å². The normalized spacial score (nSPS) is 22.2. The van der Waals surface area contributed by atoms with Crippen molar-refractivity contribution in [2.24, 2.45) is 7.05 Å². The Labute approximate surface area is 145 Å². The van der Waals surface area contributed by atoms with Crippen LogP contribution in [0.15, 0.2) is 18.2 Å². The molecule has 1 aromatic carbocycles. The van der Waals surface area contributed by atoms with Crippen molar-refractivity contribution in [1.29, 1.82) is 0 Å². The molecule has 25 heavy (non-hydrogen) atoms. The lowest BCUT2D eigenvalue weighted by Gasteiger charge is -2.23. The second-order valence-electron chi connectivity index (χ2n) is 6.76. The van der Waals surface area contributed by atoms with Crippen LogP contribution in [0.3, 0.4) is 0 Å². The van der Waals surface area contributed by atoms with Crippen molar-refractivity contribution < 1.29 is 14.3 Å². The van der Waals surface area contributed by atoms with Crippen LogP contribution < -0.4 is 15.4 Å². The van der Waals surface area contributed by atoms with E-state index < -0.39 is 0 Å². The molecule has 2 fully saturated rings. The van der Waals surface area contributed by atoms with Crippen LogP contribution in [-0.4, -0.2) is 40.8 Å². The van der Waals surface area contributed by atoms with E-state index in [1.807, 2.05) is 25.2 Å². The summed E-state index contributed by atoms with van der Waals surface area (Å²) in [6.07, 6.45) is 3.10. The summed E-state index contributed by atoms with van der Waals surface area (Å²) in [7, 11) is 1.87. The van der Waals surface area contributed by atoms with E-state index in [9.17, 15) is 9.59 Å². The largest absolute Gasteiger partial charge is 0.490 e. The number of imide groups is 1. The summed E-state index contributed by atoms with van der Waals surface area (Å²) in [5.74, 6) is -0.0137. The fourth-order valence-corrected chi connectivity index (χ4v) is 3.66. The van der Waals surface area contributed by atoms with Crippen molar-refractivity contribution in [3.63, 3.8) is 0 Å². The summed E-state index contributed by atoms with van der Waals surface area (Å²) in [4.78, 5) is 23.6. The first kappa shape index (κ1) is 16.1. The molecule has 7 heteroatoms. The van der Waals surface area contributed by atoms with E-state index in [4.69, 9.17) is 4.74 Å². The molecule has 0 radical (unpaired) electrons. The van der Waals surface area contributed by atoms with Gasteiger partial charge in [0.15, 0.2) is 0 Å². The van der Waals surface area contributed by atoms with Gasteiger partial charge in [-0.1, -0.05) is 0 Å². The van der Waals surface area contributed by atoms with Gasteiger partial charge in [0.05, 0.1) is 17.1 Å². The minimum Gasteiger partial charge on any atom is -0.490 e. The summed E-state index contributed by atoms with van der Waals surface area (Å²) in [5.41, 5.74) is 1.67. The Morgan fingerprint density at radius 3 is 2.76 bits per heavy atom. The second kappa shape index (κ2) is 6.48. The number of ether oxygens (including phenoxy) is 1. The minimum atomic E-state index is -0.377. The van der Waals surface area contributed by atoms with Crippen molar-refractivity contribution in [1.82, 2.24) is 20.4 Å². The van der Waals surface area contributed by atoms with Crippen LogP contribution >= 0.6 is 0 Å². The van der Waals surface area contributed by atoms with Crippen molar-refractivity contribution in [2.45, 2.75) is 37.7 Å². The molecule has 2 aliphatic rings. The van der Waals surface area contributed by atoms with Gasteiger partial charge in [-0.2, -0.15) is 5.10 Å². The number of fused-ring (bicyclic) bond motifs is 1. The molecule has 132 valence electrons. The number of hydrogen-bond donors (Lipinski definition) is 2. The summed E-state index contributed by atoms with van der Waals surface area (Å²) in [6.45, 7) is 1.97. The number of aryl methyl sites for hydroxylation is 1. The third-order valence-electron chi connectivity index (χ3n) is 5.01. The van der Waals surface area contributed by atoms with E-state index in [1.54, 1.807) is 4.68 Å². The van der Waals surface area contributed by atoms with Crippen molar-refractivity contribution in [3.8, 4) is 5.75 Å². The number of amides is 2. The van der Waals surface area contributed by atoms with Gasteiger partial charge in [-0.25, -0.2) is 0 Å². The zero-order valence-corrected chi connectivity index (χ0v) is 14.2. The van der Waals surface area contributed by atoms with Crippen LogP contribution in [-0.2, 0) is 16.6 Å². The molecule has 2 aliphatic heterocycles. The van der Waals surface area contributed by atoms with Crippen molar-refractivity contribution in [2.75, 3.05) is 13.1 Å². The molecule has 1 atom stereocenters. The van der Waals surface area contributed by atoms with E-state index in [1.165, 1.54) is 0 Å². The predicted octanol–water partition coefficient (Wildman–Crippen LogP) is 1.22. The third-order valence-corrected chi connectivity index (χ3v) is 5.01. The van der Waals surface area contributed by atoms with Crippen LogP contribution in [0.1, 0.15) is 37.3 Å². The van der Waals surface area contributed by atoms with Gasteiger partial charge in [0.1, 0.15) is 11.9 Å². The predicted molar refractivity (Wildman–Crippen MR) is 92.4 cm³/mol. The summed E-state index contributed by atoms with van der Waals surface area (Å²) < 4.78 is 7.88. The summed E-state index contributed by atoms with van der Waals surface area (Å²) in [6, 6.07) is 5.90. The quantitative estimate of drug-likeness (QED) is 0.820. The van der Waals surface area contributed by atoms with Crippen LogP contribution in [0.25, 0.3) is 10.9 Å². The smallest absolute Gasteiger partial charge is 0.235 e. The van der Waals surface area contributed by atoms with Crippen LogP contribution in [0.2, 0.25) is 0 Å². The standard InChI is InChI=1S/C18H22N4O3/c1-22-15-10-12(25-11-6-8-19-9-7-11)2-3-13(15)17(21-22)14-4-5-16(23)20-18(14)24/h2-3,10-11,14,19H,4-9H2,1H3,(H,20,23,24). The van der Waals surface area contributed by atoms with Crippen LogP contribution in [0.4, 0.5) is 0 Å². The van der Waals surface area contributed by atoms with Gasteiger partial charge >= 0.3 is 0 Å². The van der Waals surface area contributed by atoms with E-state index in [0.717, 1.165) is 48.3 Å². The number of benzene rings is 1. The summed E-state index contributed by atoms with van der Waals surface area (Å²) in [5, 5.41) is 11.2. The average molecular weight is 342 g/mol. The molecular weight excluding hydrogens is 320 g/mol. The molecule has 2 N–H and O–H groups in total. The summed E-state index contributed by atoms with van der Waals surface area (Å²) >= 11 is 0. The zero-order chi connectivity index (χ0) is 17.4. The Bertz CT molecular complexity index is 823. The number of piperidine rings is 2. The first-order valence-corrected chi connectivity index (χ1v) is 8.79. The van der Waals surface area contributed by atoms with Crippen LogP contribution in [0.5, 0.6) is 5.75 Å². The molecule has 7 nitrogen and oxygen atoms in total. The molecule has 2 amide bonds. The monoisotopic (exact) mass is 342 g/mol. The highest BCUT2D eigenvalue weighted by molar-refractivity contribution is 6.02. The lowest BCUT2D eigenvalue weighted by Crippen LogP contribution is -2.39. The first-order chi connectivity index (χ1) is 12.1. The molecule has 1 unspecified atom stereocenters. The fraction of sp³-hybridized carbons (Fsp3) is 0.500. The highest BCUT2D eigenvalue weighted by atomic mass is 16.5. The number of carbonyl (C=O) groups excluding carboxylic acids is 2. The van der Waals surface area contributed by atoms with E-state index in [-0.39, 0.29) is 23.8 Å². The fourth-order valence-electron chi connectivity index (χ4n) is 3.66. The average Bonchev–Trinajstić information content (AvgIpc) is 2.92. The SMILES string of the molecule is Cn1nc(C2CCC(=O)NC2=O)c2ccc(OC3CCNCC3)cc21. The Morgan fingerprint density at radius 1 is 1.20 bits per heavy atom. The minimum absolute atomic E-state index is 0.209. The lowest BCUT2D eigenvalue weighted by atomic mass is 9.93. The molecule has 2 aromatic rings. The molecule has 3 heterocycles. The number of carbonyl (C=O) groups is 2. The molecule has 0 saturated carbocycles. The van der Waals surface area contributed by atoms with Gasteiger partial charge in [-0.15, -0.1) is 0 Å². The van der Waals surface area contributed by atoms with E-state index in [0.29, 0.717) is 12.8 Å². The Hall–Kier alpha value is -2.41. The van der Waals surface area contributed by atoms with Gasteiger partial charge in [0.2, 0.25) is 11.8 Å². The maximum Gasteiger partial charge on any atom is 0.235 e. The lowest BCUT2D eigenvalue weighted by molar-refractivity contribution is -0.134. The van der Waals surface area contributed by atoms with E-state index >= 15 is 0 Å². The maximum absolute atomic E-state index is 12.2. The van der Waals surface area contributed by atoms with Gasteiger partial charge in [-0.05, 0) is 44.5 Å². The number of nitrogens with zero attached hydrogens (tertiary/aromatic N) is 2. The Balaban J connectivity index is 1.62. The molecular formula is C18H22N4O3. The molecule has 2 saturated heterocycles. The highest BCUT2D eigenvalue weighted by Crippen LogP contribution is 2.32. The highest BCUT2D eigenvalue weighted by Gasteiger charge is 2.31. The van der Waals surface area contributed by atoms with E-state index in [2.05, 4.69) is 15.7 Å². The van der Waals surface area contributed by atoms with Gasteiger partial charge in [-0.3, -0.25) is 19.6 Å². The van der Waals surface area contributed by atoms with Crippen molar-refractivity contribution >= 4 is 22.7 Å². The Kier molecular flexibility index (Phi) is 4.17. The second-order valence-corrected chi connectivity index (χ2v) is 6.76. The maximum atomic E-state index is 12.2. The number of rotatable bonds is 3. The molecule has 0 bridgehead atoms. The van der Waals surface area contributed by atoms with Crippen molar-refractivity contribution in [3.05, 3.63) is 23.9 Å².